The zero-order chi connectivity index (χ0) is 8.27. The summed E-state index contributed by atoms with van der Waals surface area (Å²) in [5.41, 5.74) is 6.56. The Morgan fingerprint density at radius 1 is 1.27 bits per heavy atom. The summed E-state index contributed by atoms with van der Waals surface area (Å²) in [7, 11) is 3.99. The third-order valence-electron chi connectivity index (χ3n) is 1.20. The molecule has 0 radical (unpaired) electrons. The Balaban J connectivity index is 2.78. The van der Waals surface area contributed by atoms with Gasteiger partial charge in [0.15, 0.2) is 0 Å². The molecule has 0 aliphatic rings. The zero-order valence-corrected chi connectivity index (χ0v) is 7.56. The van der Waals surface area contributed by atoms with E-state index in [1.54, 1.807) is 11.9 Å². The average Bonchev–Trinajstić information content (AvgIpc) is 1.93. The maximum Gasteiger partial charge on any atom is 0.0465 e. The standard InChI is InChI=1S/C8H12N2S/c1-10(2)11-8-6-4-3-5-7(8)9/h3-6H,9H2,1-2H3. The van der Waals surface area contributed by atoms with Crippen LogP contribution in [-0.4, -0.2) is 18.4 Å². The third kappa shape index (κ3) is 2.44. The summed E-state index contributed by atoms with van der Waals surface area (Å²) in [4.78, 5) is 1.11. The topological polar surface area (TPSA) is 29.3 Å². The smallest absolute Gasteiger partial charge is 0.0465 e. The van der Waals surface area contributed by atoms with Crippen molar-refractivity contribution in [3.8, 4) is 0 Å². The van der Waals surface area contributed by atoms with Gasteiger partial charge in [-0.2, -0.15) is 0 Å². The van der Waals surface area contributed by atoms with Gasteiger partial charge in [-0.1, -0.05) is 12.1 Å². The molecule has 0 unspecified atom stereocenters. The van der Waals surface area contributed by atoms with Crippen molar-refractivity contribution >= 4 is 17.6 Å². The molecule has 60 valence electrons. The van der Waals surface area contributed by atoms with E-state index in [9.17, 15) is 0 Å². The van der Waals surface area contributed by atoms with Crippen LogP contribution < -0.4 is 5.73 Å². The van der Waals surface area contributed by atoms with Crippen LogP contribution in [0, 0.1) is 0 Å². The summed E-state index contributed by atoms with van der Waals surface area (Å²) < 4.78 is 2.02. The maximum atomic E-state index is 5.72. The highest BCUT2D eigenvalue weighted by atomic mass is 32.2. The van der Waals surface area contributed by atoms with Gasteiger partial charge in [0, 0.05) is 10.6 Å². The highest BCUT2D eigenvalue weighted by Crippen LogP contribution is 2.24. The molecule has 11 heavy (non-hydrogen) atoms. The van der Waals surface area contributed by atoms with E-state index in [4.69, 9.17) is 5.73 Å². The molecule has 0 atom stereocenters. The monoisotopic (exact) mass is 168 g/mol. The second kappa shape index (κ2) is 3.64. The fourth-order valence-electron chi connectivity index (χ4n) is 0.760. The Labute approximate surface area is 71.5 Å². The van der Waals surface area contributed by atoms with Crippen molar-refractivity contribution in [2.45, 2.75) is 4.90 Å². The SMILES string of the molecule is CN(C)Sc1ccccc1N. The van der Waals surface area contributed by atoms with Crippen molar-refractivity contribution in [2.24, 2.45) is 0 Å². The third-order valence-corrected chi connectivity index (χ3v) is 2.13. The lowest BCUT2D eigenvalue weighted by Gasteiger charge is -2.09. The van der Waals surface area contributed by atoms with Crippen LogP contribution in [0.1, 0.15) is 0 Å². The molecule has 0 aliphatic heterocycles. The number of nitrogens with two attached hydrogens (primary N) is 1. The van der Waals surface area contributed by atoms with E-state index in [1.807, 2.05) is 42.7 Å². The normalized spacial score (nSPS) is 10.5. The van der Waals surface area contributed by atoms with Gasteiger partial charge in [-0.15, -0.1) is 0 Å². The Morgan fingerprint density at radius 3 is 2.45 bits per heavy atom. The highest BCUT2D eigenvalue weighted by Gasteiger charge is 1.98. The fourth-order valence-corrected chi connectivity index (χ4v) is 1.47. The molecular formula is C8H12N2S. The van der Waals surface area contributed by atoms with Gasteiger partial charge >= 0.3 is 0 Å². The number of nitrogens with zero attached hydrogens (tertiary/aromatic N) is 1. The first kappa shape index (κ1) is 8.43. The Bertz CT molecular complexity index is 235. The van der Waals surface area contributed by atoms with Gasteiger partial charge in [-0.3, -0.25) is 4.31 Å². The fraction of sp³-hybridized carbons (Fsp3) is 0.250. The summed E-state index contributed by atoms with van der Waals surface area (Å²) in [6.07, 6.45) is 0. The number of rotatable bonds is 2. The second-order valence-corrected chi connectivity index (χ2v) is 3.79. The minimum atomic E-state index is 0.839. The molecule has 1 aromatic carbocycles. The zero-order valence-electron chi connectivity index (χ0n) is 6.74. The predicted molar refractivity (Wildman–Crippen MR) is 50.4 cm³/mol. The summed E-state index contributed by atoms with van der Waals surface area (Å²) in [5.74, 6) is 0. The number of hydrogen-bond donors (Lipinski definition) is 1. The van der Waals surface area contributed by atoms with Crippen LogP contribution in [-0.2, 0) is 0 Å². The first-order valence-electron chi connectivity index (χ1n) is 3.40. The first-order valence-corrected chi connectivity index (χ1v) is 4.17. The lowest BCUT2D eigenvalue weighted by molar-refractivity contribution is 0.703. The van der Waals surface area contributed by atoms with E-state index in [0.717, 1.165) is 10.6 Å². The second-order valence-electron chi connectivity index (χ2n) is 2.44. The molecule has 0 aliphatic carbocycles. The Kier molecular flexibility index (Phi) is 2.79. The minimum Gasteiger partial charge on any atom is -0.398 e. The van der Waals surface area contributed by atoms with Gasteiger partial charge in [0.2, 0.25) is 0 Å². The molecule has 0 heterocycles. The van der Waals surface area contributed by atoms with Gasteiger partial charge in [-0.25, -0.2) is 0 Å². The molecule has 0 saturated heterocycles. The summed E-state index contributed by atoms with van der Waals surface area (Å²) in [5, 5.41) is 0. The molecule has 0 bridgehead atoms. The highest BCUT2D eigenvalue weighted by molar-refractivity contribution is 7.97. The molecule has 2 N–H and O–H groups in total. The summed E-state index contributed by atoms with van der Waals surface area (Å²) in [6, 6.07) is 7.85. The van der Waals surface area contributed by atoms with Crippen LogP contribution in [0.3, 0.4) is 0 Å². The van der Waals surface area contributed by atoms with E-state index >= 15 is 0 Å². The Morgan fingerprint density at radius 2 is 1.91 bits per heavy atom. The quantitative estimate of drug-likeness (QED) is 0.539. The summed E-state index contributed by atoms with van der Waals surface area (Å²) in [6.45, 7) is 0. The van der Waals surface area contributed by atoms with E-state index in [0.29, 0.717) is 0 Å². The predicted octanol–water partition coefficient (Wildman–Crippen LogP) is 1.84. The average molecular weight is 168 g/mol. The van der Waals surface area contributed by atoms with E-state index in [1.165, 1.54) is 0 Å². The molecule has 0 aromatic heterocycles. The van der Waals surface area contributed by atoms with Crippen molar-refractivity contribution in [2.75, 3.05) is 19.8 Å². The lowest BCUT2D eigenvalue weighted by Crippen LogP contribution is -2.00. The largest absolute Gasteiger partial charge is 0.398 e. The minimum absolute atomic E-state index is 0.839. The van der Waals surface area contributed by atoms with E-state index in [2.05, 4.69) is 0 Å². The number of hydrogen-bond acceptors (Lipinski definition) is 3. The molecule has 1 aromatic rings. The van der Waals surface area contributed by atoms with E-state index in [-0.39, 0.29) is 0 Å². The van der Waals surface area contributed by atoms with Crippen LogP contribution in [0.15, 0.2) is 29.2 Å². The van der Waals surface area contributed by atoms with Gasteiger partial charge in [-0.05, 0) is 38.2 Å². The van der Waals surface area contributed by atoms with Crippen LogP contribution in [0.5, 0.6) is 0 Å². The number of nitrogen functional groups attached to an aromatic ring is 1. The first-order chi connectivity index (χ1) is 5.20. The molecular weight excluding hydrogens is 156 g/mol. The molecule has 3 heteroatoms. The van der Waals surface area contributed by atoms with Crippen molar-refractivity contribution in [1.29, 1.82) is 0 Å². The maximum absolute atomic E-state index is 5.72. The Hall–Kier alpha value is -0.670. The molecule has 0 spiro atoms. The van der Waals surface area contributed by atoms with Gasteiger partial charge in [0.25, 0.3) is 0 Å². The lowest BCUT2D eigenvalue weighted by atomic mass is 10.3. The molecule has 0 fully saturated rings. The van der Waals surface area contributed by atoms with Crippen molar-refractivity contribution < 1.29 is 0 Å². The van der Waals surface area contributed by atoms with E-state index < -0.39 is 0 Å². The van der Waals surface area contributed by atoms with Gasteiger partial charge in [0.05, 0.1) is 0 Å². The molecule has 0 amide bonds. The number of para-hydroxylation sites is 1. The van der Waals surface area contributed by atoms with Crippen molar-refractivity contribution in [3.63, 3.8) is 0 Å². The van der Waals surface area contributed by atoms with Crippen LogP contribution in [0.2, 0.25) is 0 Å². The van der Waals surface area contributed by atoms with Crippen LogP contribution in [0.25, 0.3) is 0 Å². The van der Waals surface area contributed by atoms with Crippen LogP contribution >= 0.6 is 11.9 Å². The van der Waals surface area contributed by atoms with Gasteiger partial charge in [0.1, 0.15) is 0 Å². The van der Waals surface area contributed by atoms with Gasteiger partial charge < -0.3 is 5.73 Å². The number of benzene rings is 1. The van der Waals surface area contributed by atoms with Crippen LogP contribution in [0.4, 0.5) is 5.69 Å². The molecule has 0 saturated carbocycles. The van der Waals surface area contributed by atoms with Crippen molar-refractivity contribution in [1.82, 2.24) is 4.31 Å². The number of anilines is 1. The molecule has 2 nitrogen and oxygen atoms in total. The molecule has 1 rings (SSSR count). The summed E-state index contributed by atoms with van der Waals surface area (Å²) >= 11 is 1.63. The van der Waals surface area contributed by atoms with Crippen molar-refractivity contribution in [3.05, 3.63) is 24.3 Å².